The van der Waals surface area contributed by atoms with E-state index in [0.29, 0.717) is 5.75 Å². The number of phenols is 1. The minimum absolute atomic E-state index is 0.114. The summed E-state index contributed by atoms with van der Waals surface area (Å²) < 4.78 is 0. The van der Waals surface area contributed by atoms with Crippen LogP contribution >= 0.6 is 7.14 Å². The van der Waals surface area contributed by atoms with Crippen molar-refractivity contribution in [3.8, 4) is 5.75 Å². The first-order valence-corrected chi connectivity index (χ1v) is 11.4. The zero-order valence-corrected chi connectivity index (χ0v) is 17.2. The smallest absolute Gasteiger partial charge is 0.144 e. The van der Waals surface area contributed by atoms with Crippen LogP contribution in [0.4, 0.5) is 0 Å². The van der Waals surface area contributed by atoms with Gasteiger partial charge in [0.05, 0.1) is 15.9 Å². The molecule has 31 heavy (non-hydrogen) atoms. The topological polar surface area (TPSA) is 20.2 Å². The van der Waals surface area contributed by atoms with Crippen LogP contribution in [0.2, 0.25) is 0 Å². The standard InChI is InChI=1S/C28H22BOP/c29-31(23-7-2-1-3-8-23,24-15-13-22(30)14-16-24)26-18-12-21-10-9-19-5-4-6-20-11-17-25(26)28(21)27(19)20/h1-18,30H,29H3. The minimum atomic E-state index is -1.67. The molecule has 0 radical (unpaired) electrons. The zero-order valence-electron chi connectivity index (χ0n) is 16.3. The maximum Gasteiger partial charge on any atom is 0.144 e. The van der Waals surface area contributed by atoms with E-state index in [1.807, 2.05) is 12.1 Å². The molecule has 0 bridgehead atoms. The molecule has 1 N–H and O–H groups in total. The summed E-state index contributed by atoms with van der Waals surface area (Å²) in [4.78, 5) is 0. The van der Waals surface area contributed by atoms with E-state index in [2.05, 4.69) is 97.1 Å². The molecule has 1 nitrogen and oxygen atoms in total. The Morgan fingerprint density at radius 3 is 1.81 bits per heavy atom. The van der Waals surface area contributed by atoms with E-state index < -0.39 is 7.14 Å². The van der Waals surface area contributed by atoms with Gasteiger partial charge in [-0.25, -0.2) is 0 Å². The predicted octanol–water partition coefficient (Wildman–Crippen LogP) is 4.86. The molecule has 148 valence electrons. The molecule has 0 aromatic heterocycles. The van der Waals surface area contributed by atoms with Gasteiger partial charge in [-0.1, -0.05) is 67.8 Å². The molecule has 1 atom stereocenters. The number of benzene rings is 6. The molecule has 0 aliphatic rings. The van der Waals surface area contributed by atoms with Crippen molar-refractivity contribution >= 4 is 62.9 Å². The highest BCUT2D eigenvalue weighted by molar-refractivity contribution is 8.13. The van der Waals surface area contributed by atoms with Crippen LogP contribution in [0.1, 0.15) is 0 Å². The average Bonchev–Trinajstić information content (AvgIpc) is 2.83. The molecule has 6 aromatic carbocycles. The molecule has 0 heterocycles. The van der Waals surface area contributed by atoms with E-state index in [1.54, 1.807) is 0 Å². The minimum Gasteiger partial charge on any atom is -0.508 e. The summed E-state index contributed by atoms with van der Waals surface area (Å²) in [5.41, 5.74) is 0. The Morgan fingerprint density at radius 2 is 1.10 bits per heavy atom. The van der Waals surface area contributed by atoms with Crippen molar-refractivity contribution in [2.75, 3.05) is 0 Å². The van der Waals surface area contributed by atoms with Gasteiger partial charge in [0.1, 0.15) is 13.3 Å². The molecule has 0 fully saturated rings. The molecule has 0 spiro atoms. The van der Waals surface area contributed by atoms with Gasteiger partial charge in [-0.15, -0.1) is 0 Å². The van der Waals surface area contributed by atoms with E-state index >= 15 is 0 Å². The molecule has 0 aliphatic carbocycles. The van der Waals surface area contributed by atoms with Gasteiger partial charge in [0.2, 0.25) is 0 Å². The van der Waals surface area contributed by atoms with E-state index in [9.17, 15) is 5.11 Å². The number of hydrogen-bond donors (Lipinski definition) is 1. The van der Waals surface area contributed by atoms with Crippen molar-refractivity contribution in [2.45, 2.75) is 0 Å². The summed E-state index contributed by atoms with van der Waals surface area (Å²) in [6, 6.07) is 39.5. The molecule has 6 rings (SSSR count). The van der Waals surface area contributed by atoms with Crippen LogP contribution < -0.4 is 15.9 Å². The van der Waals surface area contributed by atoms with Crippen molar-refractivity contribution in [3.05, 3.63) is 109 Å². The summed E-state index contributed by atoms with van der Waals surface area (Å²) in [5, 5.41) is 22.4. The van der Waals surface area contributed by atoms with Gasteiger partial charge in [-0.2, -0.15) is 0 Å². The van der Waals surface area contributed by atoms with Crippen LogP contribution in [0.25, 0.3) is 32.3 Å². The van der Waals surface area contributed by atoms with Gasteiger partial charge < -0.3 is 5.11 Å². The van der Waals surface area contributed by atoms with Gasteiger partial charge >= 0.3 is 0 Å². The highest BCUT2D eigenvalue weighted by Crippen LogP contribution is 2.53. The summed E-state index contributed by atoms with van der Waals surface area (Å²) in [6.45, 7) is 0. The lowest BCUT2D eigenvalue weighted by atomic mass is 9.94. The first kappa shape index (κ1) is 18.4. The highest BCUT2D eigenvalue weighted by atomic mass is 31.2. The summed E-state index contributed by atoms with van der Waals surface area (Å²) in [7, 11) is -1.78. The number of rotatable bonds is 3. The Bertz CT molecular complexity index is 1530. The van der Waals surface area contributed by atoms with Gasteiger partial charge in [0.25, 0.3) is 0 Å². The predicted molar refractivity (Wildman–Crippen MR) is 140 cm³/mol. The summed E-state index contributed by atoms with van der Waals surface area (Å²) in [6.07, 6.45) is 0. The van der Waals surface area contributed by atoms with E-state index in [4.69, 9.17) is 0 Å². The largest absolute Gasteiger partial charge is 0.508 e. The lowest BCUT2D eigenvalue weighted by Crippen LogP contribution is -2.31. The number of phenolic OH excluding ortho intramolecular Hbond substituents is 1. The molecule has 0 amide bonds. The molecule has 0 aliphatic heterocycles. The molecule has 3 heteroatoms. The third kappa shape index (κ3) is 2.69. The normalized spacial score (nSPS) is 13.7. The lowest BCUT2D eigenvalue weighted by Gasteiger charge is -2.31. The number of hydrogen-bond acceptors (Lipinski definition) is 1. The maximum atomic E-state index is 9.95. The van der Waals surface area contributed by atoms with E-state index in [1.165, 1.54) is 48.2 Å². The van der Waals surface area contributed by atoms with Gasteiger partial charge in [0, 0.05) is 10.8 Å². The van der Waals surface area contributed by atoms with Crippen LogP contribution in [0.5, 0.6) is 5.75 Å². The Morgan fingerprint density at radius 1 is 0.516 bits per heavy atom. The zero-order chi connectivity index (χ0) is 21.0. The van der Waals surface area contributed by atoms with Crippen LogP contribution in [-0.4, -0.2) is 12.7 Å². The molecular weight excluding hydrogens is 394 g/mol. The lowest BCUT2D eigenvalue weighted by molar-refractivity contribution is 0.475. The van der Waals surface area contributed by atoms with Crippen LogP contribution in [0, 0.1) is 0 Å². The molecule has 6 aromatic rings. The van der Waals surface area contributed by atoms with Crippen LogP contribution in [-0.2, 0) is 0 Å². The van der Waals surface area contributed by atoms with Crippen molar-refractivity contribution in [3.63, 3.8) is 0 Å². The first-order chi connectivity index (χ1) is 15.2. The van der Waals surface area contributed by atoms with Crippen LogP contribution in [0.15, 0.2) is 109 Å². The Balaban J connectivity index is 1.76. The fourth-order valence-electron chi connectivity index (χ4n) is 4.52. The molecule has 0 saturated carbocycles. The summed E-state index contributed by atoms with van der Waals surface area (Å²) in [5.74, 6) is 0.332. The van der Waals surface area contributed by atoms with E-state index in [0.717, 1.165) is 0 Å². The van der Waals surface area contributed by atoms with Crippen molar-refractivity contribution in [2.24, 2.45) is 0 Å². The monoisotopic (exact) mass is 416 g/mol. The third-order valence-electron chi connectivity index (χ3n) is 5.87. The van der Waals surface area contributed by atoms with Crippen molar-refractivity contribution in [1.29, 1.82) is 0 Å². The fourth-order valence-corrected chi connectivity index (χ4v) is 6.94. The van der Waals surface area contributed by atoms with E-state index in [-0.39, 0.29) is 7.57 Å². The Kier molecular flexibility index (Phi) is 4.06. The second-order valence-corrected chi connectivity index (χ2v) is 9.81. The fraction of sp³-hybridized carbons (Fsp3) is 0. The quantitative estimate of drug-likeness (QED) is 0.248. The third-order valence-corrected chi connectivity index (χ3v) is 8.37. The Labute approximate surface area is 183 Å². The number of aromatic hydroxyl groups is 1. The van der Waals surface area contributed by atoms with Gasteiger partial charge in [-0.05, 0) is 70.1 Å². The van der Waals surface area contributed by atoms with Crippen molar-refractivity contribution in [1.82, 2.24) is 0 Å². The van der Waals surface area contributed by atoms with Crippen LogP contribution in [0.3, 0.4) is 0 Å². The molecule has 0 saturated heterocycles. The second-order valence-electron chi connectivity index (χ2n) is 7.63. The van der Waals surface area contributed by atoms with Gasteiger partial charge in [0.15, 0.2) is 0 Å². The summed E-state index contributed by atoms with van der Waals surface area (Å²) >= 11 is 0. The maximum absolute atomic E-state index is 9.95. The molecular formula is C28H22BOP. The van der Waals surface area contributed by atoms with Gasteiger partial charge in [-0.3, -0.25) is 0 Å². The molecule has 1 unspecified atom stereocenters. The highest BCUT2D eigenvalue weighted by Gasteiger charge is 2.35. The average molecular weight is 416 g/mol. The first-order valence-electron chi connectivity index (χ1n) is 10.1. The Hall–Kier alpha value is -3.35. The SMILES string of the molecule is [BH3-][P+](c1ccccc1)(c1ccc(O)cc1)c1ccc2ccc3cccc4ccc1c2c34. The van der Waals surface area contributed by atoms with Crippen molar-refractivity contribution < 1.29 is 5.11 Å². The second kappa shape index (κ2) is 6.84.